The van der Waals surface area contributed by atoms with E-state index in [1.165, 1.54) is 6.20 Å². The van der Waals surface area contributed by atoms with E-state index >= 15 is 0 Å². The van der Waals surface area contributed by atoms with Gasteiger partial charge in [-0.2, -0.15) is 10.00 Å². The molecular formula is C41H48N6O6. The van der Waals surface area contributed by atoms with Gasteiger partial charge >= 0.3 is 18.2 Å². The Kier molecular flexibility index (Phi) is 10.8. The summed E-state index contributed by atoms with van der Waals surface area (Å²) in [5, 5.41) is 12.3. The van der Waals surface area contributed by atoms with E-state index in [1.807, 2.05) is 61.5 Å². The van der Waals surface area contributed by atoms with E-state index in [0.717, 1.165) is 32.6 Å². The number of amides is 4. The molecule has 12 nitrogen and oxygen atoms in total. The number of ether oxygens (including phenoxy) is 3. The van der Waals surface area contributed by atoms with Gasteiger partial charge in [-0.15, -0.1) is 0 Å². The summed E-state index contributed by atoms with van der Waals surface area (Å²) in [5.41, 5.74) is 2.00. The molecule has 0 saturated heterocycles. The molecule has 0 radical (unpaired) electrons. The lowest BCUT2D eigenvalue weighted by Gasteiger charge is -2.29. The fourth-order valence-electron chi connectivity index (χ4n) is 5.28. The number of hydrogen-bond acceptors (Lipinski definition) is 8. The number of imide groups is 1. The third-order valence-electron chi connectivity index (χ3n) is 7.79. The minimum absolute atomic E-state index is 0.0314. The summed E-state index contributed by atoms with van der Waals surface area (Å²) < 4.78 is 19.2. The molecule has 2 heterocycles. The largest absolute Gasteiger partial charge is 0.488 e. The average Bonchev–Trinajstić information content (AvgIpc) is 3.48. The molecule has 0 aliphatic heterocycles. The fourth-order valence-corrected chi connectivity index (χ4v) is 5.28. The van der Waals surface area contributed by atoms with Gasteiger partial charge in [0, 0.05) is 34.0 Å². The number of benzene rings is 3. The molecule has 0 aliphatic rings. The molecule has 0 saturated carbocycles. The molecule has 2 aromatic heterocycles. The zero-order chi connectivity index (χ0) is 38.7. The number of fused-ring (bicyclic) bond motifs is 1. The third-order valence-corrected chi connectivity index (χ3v) is 7.79. The van der Waals surface area contributed by atoms with E-state index in [4.69, 9.17) is 19.3 Å². The maximum atomic E-state index is 13.5. The van der Waals surface area contributed by atoms with E-state index in [0.29, 0.717) is 22.8 Å². The van der Waals surface area contributed by atoms with Crippen LogP contribution in [-0.4, -0.2) is 44.2 Å². The van der Waals surface area contributed by atoms with Gasteiger partial charge in [0.25, 0.3) is 0 Å². The summed E-state index contributed by atoms with van der Waals surface area (Å²) in [7, 11) is 0. The first-order chi connectivity index (χ1) is 24.8. The average molecular weight is 721 g/mol. The standard InChI is InChI=1S/C41H48N6O6/c1-26-15-17-28(18-16-26)47-35(23-34(45-47)39(2,3)4)44-36(48)43-31-19-20-33(30-14-12-11-13-29(30)31)51-25-27-21-22-42-24-32(27)46(37(49)52-40(5,6)7)38(50)53-41(8,9)10/h11-24H,25H2,1-10H3,(H2,43,44,48). The minimum atomic E-state index is -0.906. The molecule has 2 N–H and O–H groups in total. The van der Waals surface area contributed by atoms with Crippen LogP contribution in [0.1, 0.15) is 79.1 Å². The molecule has 0 atom stereocenters. The molecule has 0 spiro atoms. The summed E-state index contributed by atoms with van der Waals surface area (Å²) in [6, 6.07) is 22.1. The van der Waals surface area contributed by atoms with E-state index < -0.39 is 29.4 Å². The summed E-state index contributed by atoms with van der Waals surface area (Å²) in [5.74, 6) is 1.04. The highest BCUT2D eigenvalue weighted by Crippen LogP contribution is 2.34. The first-order valence-corrected chi connectivity index (χ1v) is 17.4. The zero-order valence-corrected chi connectivity index (χ0v) is 32.0. The normalized spacial score (nSPS) is 11.9. The summed E-state index contributed by atoms with van der Waals surface area (Å²) in [6.07, 6.45) is 1.13. The molecule has 4 amide bonds. The van der Waals surface area contributed by atoms with Gasteiger partial charge in [-0.25, -0.2) is 19.1 Å². The van der Waals surface area contributed by atoms with Gasteiger partial charge in [-0.05, 0) is 78.8 Å². The lowest BCUT2D eigenvalue weighted by molar-refractivity contribution is 0.0429. The molecule has 5 rings (SSSR count). The maximum absolute atomic E-state index is 13.5. The van der Waals surface area contributed by atoms with Crippen LogP contribution < -0.4 is 20.3 Å². The predicted molar refractivity (Wildman–Crippen MR) is 207 cm³/mol. The van der Waals surface area contributed by atoms with Gasteiger partial charge in [0.15, 0.2) is 0 Å². The molecule has 278 valence electrons. The van der Waals surface area contributed by atoms with Gasteiger partial charge in [-0.1, -0.05) is 62.7 Å². The summed E-state index contributed by atoms with van der Waals surface area (Å²) >= 11 is 0. The number of urea groups is 1. The molecule has 12 heteroatoms. The molecule has 53 heavy (non-hydrogen) atoms. The van der Waals surface area contributed by atoms with Crippen LogP contribution in [0.15, 0.2) is 85.2 Å². The van der Waals surface area contributed by atoms with Crippen LogP contribution in [0.25, 0.3) is 16.5 Å². The number of nitrogens with zero attached hydrogens (tertiary/aromatic N) is 4. The number of rotatable bonds is 7. The smallest absolute Gasteiger partial charge is 0.424 e. The van der Waals surface area contributed by atoms with E-state index in [9.17, 15) is 14.4 Å². The maximum Gasteiger partial charge on any atom is 0.424 e. The number of carbonyl (C=O) groups excluding carboxylic acids is 3. The quantitative estimate of drug-likeness (QED) is 0.170. The van der Waals surface area contributed by atoms with Crippen molar-refractivity contribution in [1.29, 1.82) is 0 Å². The second-order valence-corrected chi connectivity index (χ2v) is 15.7. The van der Waals surface area contributed by atoms with Gasteiger partial charge in [0.1, 0.15) is 29.4 Å². The van der Waals surface area contributed by atoms with Gasteiger partial charge in [0.05, 0.1) is 29.0 Å². The first-order valence-electron chi connectivity index (χ1n) is 17.4. The number of aryl methyl sites for hydroxylation is 1. The Morgan fingerprint density at radius 2 is 1.40 bits per heavy atom. The Bertz CT molecular complexity index is 2090. The van der Waals surface area contributed by atoms with Crippen molar-refractivity contribution in [2.45, 2.75) is 92.5 Å². The summed E-state index contributed by atoms with van der Waals surface area (Å²) in [4.78, 5) is 45.3. The third kappa shape index (κ3) is 9.70. The first kappa shape index (κ1) is 38.3. The molecular weight excluding hydrogens is 672 g/mol. The lowest BCUT2D eigenvalue weighted by Crippen LogP contribution is -2.44. The Morgan fingerprint density at radius 1 is 0.774 bits per heavy atom. The van der Waals surface area contributed by atoms with Crippen LogP contribution in [0.2, 0.25) is 0 Å². The monoisotopic (exact) mass is 720 g/mol. The van der Waals surface area contributed by atoms with Crippen molar-refractivity contribution < 1.29 is 28.6 Å². The molecule has 0 unspecified atom stereocenters. The van der Waals surface area contributed by atoms with Crippen molar-refractivity contribution in [3.05, 3.63) is 102 Å². The SMILES string of the molecule is Cc1ccc(-n2nc(C(C)(C)C)cc2NC(=O)Nc2ccc(OCc3ccncc3N(C(=O)OC(C)(C)C)C(=O)OC(C)(C)C)c3ccccc23)cc1. The van der Waals surface area contributed by atoms with Crippen LogP contribution in [0, 0.1) is 6.92 Å². The Morgan fingerprint density at radius 3 is 2.00 bits per heavy atom. The van der Waals surface area contributed by atoms with E-state index in [2.05, 4.69) is 36.4 Å². The Balaban J connectivity index is 1.40. The number of carbonyl (C=O) groups is 3. The number of anilines is 3. The summed E-state index contributed by atoms with van der Waals surface area (Å²) in [6.45, 7) is 18.5. The van der Waals surface area contributed by atoms with Crippen LogP contribution in [-0.2, 0) is 21.5 Å². The highest BCUT2D eigenvalue weighted by atomic mass is 16.6. The van der Waals surface area contributed by atoms with Crippen molar-refractivity contribution in [2.24, 2.45) is 0 Å². The van der Waals surface area contributed by atoms with Crippen LogP contribution >= 0.6 is 0 Å². The highest BCUT2D eigenvalue weighted by Gasteiger charge is 2.34. The number of pyridine rings is 1. The predicted octanol–water partition coefficient (Wildman–Crippen LogP) is 9.93. The van der Waals surface area contributed by atoms with Crippen molar-refractivity contribution in [3.63, 3.8) is 0 Å². The molecule has 5 aromatic rings. The zero-order valence-electron chi connectivity index (χ0n) is 32.0. The molecule has 0 fully saturated rings. The minimum Gasteiger partial charge on any atom is -0.488 e. The second-order valence-electron chi connectivity index (χ2n) is 15.7. The fraction of sp³-hybridized carbons (Fsp3) is 0.341. The van der Waals surface area contributed by atoms with Crippen molar-refractivity contribution in [2.75, 3.05) is 15.5 Å². The Hall–Kier alpha value is -5.91. The van der Waals surface area contributed by atoms with E-state index in [-0.39, 0.29) is 17.7 Å². The second kappa shape index (κ2) is 15.0. The van der Waals surface area contributed by atoms with Gasteiger partial charge < -0.3 is 19.5 Å². The molecule has 0 aliphatic carbocycles. The highest BCUT2D eigenvalue weighted by molar-refractivity contribution is 6.10. The number of aromatic nitrogens is 3. The lowest BCUT2D eigenvalue weighted by atomic mass is 9.92. The number of nitrogens with one attached hydrogen (secondary N) is 2. The van der Waals surface area contributed by atoms with Crippen LogP contribution in [0.3, 0.4) is 0 Å². The van der Waals surface area contributed by atoms with Gasteiger partial charge in [-0.3, -0.25) is 10.3 Å². The van der Waals surface area contributed by atoms with Crippen LogP contribution in [0.5, 0.6) is 5.75 Å². The van der Waals surface area contributed by atoms with Crippen molar-refractivity contribution >= 4 is 46.2 Å². The van der Waals surface area contributed by atoms with E-state index in [1.54, 1.807) is 70.6 Å². The van der Waals surface area contributed by atoms with Crippen molar-refractivity contribution in [3.8, 4) is 11.4 Å². The van der Waals surface area contributed by atoms with Crippen molar-refractivity contribution in [1.82, 2.24) is 14.8 Å². The van der Waals surface area contributed by atoms with Gasteiger partial charge in [0.2, 0.25) is 0 Å². The Labute approximate surface area is 310 Å². The topological polar surface area (TPSA) is 137 Å². The molecule has 0 bridgehead atoms. The van der Waals surface area contributed by atoms with Crippen LogP contribution in [0.4, 0.5) is 31.6 Å². The number of hydrogen-bond donors (Lipinski definition) is 2. The molecule has 3 aromatic carbocycles.